The van der Waals surface area contributed by atoms with Crippen molar-refractivity contribution in [3.63, 3.8) is 0 Å². The van der Waals surface area contributed by atoms with Crippen molar-refractivity contribution < 1.29 is 0 Å². The third-order valence-electron chi connectivity index (χ3n) is 6.03. The van der Waals surface area contributed by atoms with Crippen molar-refractivity contribution in [3.05, 3.63) is 58.1 Å². The van der Waals surface area contributed by atoms with Crippen LogP contribution in [0.25, 0.3) is 0 Å². The van der Waals surface area contributed by atoms with E-state index >= 15 is 0 Å². The minimum Gasteiger partial charge on any atom is -0.269 e. The molecule has 162 valence electrons. The predicted molar refractivity (Wildman–Crippen MR) is 135 cm³/mol. The van der Waals surface area contributed by atoms with Crippen molar-refractivity contribution in [2.75, 3.05) is 5.75 Å². The number of hydrogen-bond donors (Lipinski definition) is 0. The highest BCUT2D eigenvalue weighted by Crippen LogP contribution is 2.29. The van der Waals surface area contributed by atoms with Crippen LogP contribution in [-0.4, -0.2) is 12.5 Å². The molecule has 1 rings (SSSR count). The zero-order valence-corrected chi connectivity index (χ0v) is 20.6. The summed E-state index contributed by atoms with van der Waals surface area (Å²) in [5.74, 6) is 1.76. The fraction of sp³-hybridized carbons (Fsp3) is 0.593. The van der Waals surface area contributed by atoms with Gasteiger partial charge in [-0.2, -0.15) is 0 Å². The molecule has 0 aromatic heterocycles. The Hall–Kier alpha value is -1.28. The van der Waals surface area contributed by atoms with Crippen LogP contribution in [0.5, 0.6) is 0 Å². The average molecular weight is 414 g/mol. The summed E-state index contributed by atoms with van der Waals surface area (Å²) in [5.41, 5.74) is 7.09. The number of rotatable bonds is 13. The molecule has 1 nitrogen and oxygen atoms in total. The minimum absolute atomic E-state index is 0.439. The van der Waals surface area contributed by atoms with Crippen LogP contribution >= 0.6 is 11.8 Å². The maximum Gasteiger partial charge on any atom is 0.0428 e. The van der Waals surface area contributed by atoms with Crippen molar-refractivity contribution in [2.24, 2.45) is 16.3 Å². The summed E-state index contributed by atoms with van der Waals surface area (Å²) in [6, 6.07) is 7.04. The van der Waals surface area contributed by atoms with Crippen LogP contribution in [0.1, 0.15) is 83.4 Å². The lowest BCUT2D eigenvalue weighted by molar-refractivity contribution is 0.241. The number of benzene rings is 1. The van der Waals surface area contributed by atoms with Gasteiger partial charge < -0.3 is 0 Å². The molecule has 1 atom stereocenters. The van der Waals surface area contributed by atoms with Gasteiger partial charge in [-0.05, 0) is 79.7 Å². The number of allylic oxidation sites excluding steroid dienone is 1. The third-order valence-corrected chi connectivity index (χ3v) is 7.11. The number of thioether (sulfide) groups is 1. The van der Waals surface area contributed by atoms with Gasteiger partial charge in [0, 0.05) is 11.4 Å². The molecule has 0 saturated carbocycles. The van der Waals surface area contributed by atoms with E-state index < -0.39 is 0 Å². The standard InChI is InChI=1S/C27H43NS/c1-21(19-29-20-24(4)28-8)14-15-25-16-17-26(22(2)18-25)13-11-9-10-12-23(3)27(5,6)7/h16-18,20,23H,1,8-15,19H2,2-7H3/b24-20-. The highest BCUT2D eigenvalue weighted by atomic mass is 32.2. The Bertz CT molecular complexity index is 678. The Morgan fingerprint density at radius 2 is 1.90 bits per heavy atom. The molecule has 0 fully saturated rings. The van der Waals surface area contributed by atoms with Crippen LogP contribution < -0.4 is 0 Å². The fourth-order valence-corrected chi connectivity index (χ4v) is 4.06. The predicted octanol–water partition coefficient (Wildman–Crippen LogP) is 8.56. The quantitative estimate of drug-likeness (QED) is 0.179. The van der Waals surface area contributed by atoms with Gasteiger partial charge >= 0.3 is 0 Å². The molecule has 0 spiro atoms. The van der Waals surface area contributed by atoms with Crippen LogP contribution in [0.15, 0.2) is 46.4 Å². The normalized spacial score (nSPS) is 13.4. The first-order valence-electron chi connectivity index (χ1n) is 11.1. The topological polar surface area (TPSA) is 12.4 Å². The molecule has 0 aliphatic carbocycles. The molecule has 0 aliphatic heterocycles. The summed E-state index contributed by atoms with van der Waals surface area (Å²) in [5, 5.41) is 2.06. The zero-order valence-electron chi connectivity index (χ0n) is 19.8. The molecule has 0 N–H and O–H groups in total. The highest BCUT2D eigenvalue weighted by Gasteiger charge is 2.18. The number of unbranched alkanes of at least 4 members (excludes halogenated alkanes) is 2. The summed E-state index contributed by atoms with van der Waals surface area (Å²) in [6.07, 6.45) is 8.68. The van der Waals surface area contributed by atoms with Gasteiger partial charge in [-0.1, -0.05) is 77.3 Å². The SMILES string of the molecule is C=N/C(C)=C\SCC(=C)CCc1ccc(CCCCCC(C)C(C)(C)C)c(C)c1. The van der Waals surface area contributed by atoms with E-state index in [0.717, 1.165) is 30.2 Å². The zero-order chi connectivity index (χ0) is 21.9. The summed E-state index contributed by atoms with van der Waals surface area (Å²) >= 11 is 1.76. The summed E-state index contributed by atoms with van der Waals surface area (Å²) in [4.78, 5) is 3.91. The van der Waals surface area contributed by atoms with Crippen molar-refractivity contribution >= 4 is 18.5 Å². The number of aliphatic imine (C=N–C) groups is 1. The number of aryl methyl sites for hydroxylation is 3. The molecule has 1 aromatic carbocycles. The maximum atomic E-state index is 4.22. The monoisotopic (exact) mass is 413 g/mol. The van der Waals surface area contributed by atoms with E-state index in [0.29, 0.717) is 5.41 Å². The Labute approximate surface area is 185 Å². The van der Waals surface area contributed by atoms with E-state index in [9.17, 15) is 0 Å². The van der Waals surface area contributed by atoms with Crippen LogP contribution in [0.3, 0.4) is 0 Å². The molecular formula is C27H43NS. The summed E-state index contributed by atoms with van der Waals surface area (Å²) in [7, 11) is 0. The summed E-state index contributed by atoms with van der Waals surface area (Å²) in [6.45, 7) is 21.5. The van der Waals surface area contributed by atoms with Gasteiger partial charge in [0.05, 0.1) is 0 Å². The molecule has 2 heteroatoms. The van der Waals surface area contributed by atoms with Gasteiger partial charge in [-0.3, -0.25) is 4.99 Å². The number of nitrogens with zero attached hydrogens (tertiary/aromatic N) is 1. The van der Waals surface area contributed by atoms with Gasteiger partial charge in [0.2, 0.25) is 0 Å². The van der Waals surface area contributed by atoms with Gasteiger partial charge in [-0.15, -0.1) is 11.8 Å². The first-order chi connectivity index (χ1) is 13.6. The van der Waals surface area contributed by atoms with Crippen molar-refractivity contribution in [1.82, 2.24) is 0 Å². The molecule has 0 heterocycles. The van der Waals surface area contributed by atoms with E-state index in [2.05, 4.69) is 76.5 Å². The molecule has 1 unspecified atom stereocenters. The Morgan fingerprint density at radius 3 is 2.52 bits per heavy atom. The molecule has 0 bridgehead atoms. The molecule has 29 heavy (non-hydrogen) atoms. The van der Waals surface area contributed by atoms with Gasteiger partial charge in [0.15, 0.2) is 0 Å². The van der Waals surface area contributed by atoms with Gasteiger partial charge in [-0.25, -0.2) is 0 Å². The number of hydrogen-bond acceptors (Lipinski definition) is 2. The molecular weight excluding hydrogens is 370 g/mol. The molecule has 0 saturated heterocycles. The first kappa shape index (κ1) is 25.8. The van der Waals surface area contributed by atoms with Crippen LogP contribution in [0, 0.1) is 18.3 Å². The van der Waals surface area contributed by atoms with Crippen LogP contribution in [-0.2, 0) is 12.8 Å². The largest absolute Gasteiger partial charge is 0.269 e. The Balaban J connectivity index is 2.34. The van der Waals surface area contributed by atoms with E-state index in [1.165, 1.54) is 54.4 Å². The van der Waals surface area contributed by atoms with Crippen LogP contribution in [0.2, 0.25) is 0 Å². The van der Waals surface area contributed by atoms with Crippen molar-refractivity contribution in [3.8, 4) is 0 Å². The van der Waals surface area contributed by atoms with Crippen molar-refractivity contribution in [1.29, 1.82) is 0 Å². The van der Waals surface area contributed by atoms with Crippen LogP contribution in [0.4, 0.5) is 0 Å². The molecule has 1 aromatic rings. The first-order valence-corrected chi connectivity index (χ1v) is 12.2. The minimum atomic E-state index is 0.439. The van der Waals surface area contributed by atoms with E-state index in [-0.39, 0.29) is 0 Å². The molecule has 0 radical (unpaired) electrons. The lowest BCUT2D eigenvalue weighted by atomic mass is 9.79. The Morgan fingerprint density at radius 1 is 1.17 bits per heavy atom. The Kier molecular flexibility index (Phi) is 11.6. The highest BCUT2D eigenvalue weighted by molar-refractivity contribution is 8.02. The molecule has 0 amide bonds. The fourth-order valence-electron chi connectivity index (χ4n) is 3.28. The smallest absolute Gasteiger partial charge is 0.0428 e. The average Bonchev–Trinajstić information content (AvgIpc) is 2.66. The second kappa shape index (κ2) is 13.1. The van der Waals surface area contributed by atoms with E-state index in [1.807, 2.05) is 6.92 Å². The third kappa shape index (κ3) is 10.9. The van der Waals surface area contributed by atoms with Crippen molar-refractivity contribution in [2.45, 2.75) is 86.5 Å². The van der Waals surface area contributed by atoms with E-state index in [4.69, 9.17) is 0 Å². The molecule has 0 aliphatic rings. The second-order valence-corrected chi connectivity index (χ2v) is 10.5. The second-order valence-electron chi connectivity index (χ2n) is 9.61. The summed E-state index contributed by atoms with van der Waals surface area (Å²) < 4.78 is 0. The maximum absolute atomic E-state index is 4.22. The van der Waals surface area contributed by atoms with Gasteiger partial charge in [0.1, 0.15) is 0 Å². The lowest BCUT2D eigenvalue weighted by Gasteiger charge is -2.27. The van der Waals surface area contributed by atoms with E-state index in [1.54, 1.807) is 11.8 Å². The van der Waals surface area contributed by atoms with Gasteiger partial charge in [0.25, 0.3) is 0 Å². The lowest BCUT2D eigenvalue weighted by Crippen LogP contribution is -2.16.